The summed E-state index contributed by atoms with van der Waals surface area (Å²) in [7, 11) is 1.92. The smallest absolute Gasteiger partial charge is 0.269 e. The molecule has 96 valence electrons. The fraction of sp³-hybridized carbons (Fsp3) is 0.364. The average Bonchev–Trinajstić information content (AvgIpc) is 2.76. The van der Waals surface area contributed by atoms with Gasteiger partial charge in [0.1, 0.15) is 0 Å². The Bertz CT molecular complexity index is 591. The number of rotatable bonds is 4. The highest BCUT2D eigenvalue weighted by atomic mass is 32.1. The quantitative estimate of drug-likeness (QED) is 0.884. The fourth-order valence-electron chi connectivity index (χ4n) is 1.48. The highest BCUT2D eigenvalue weighted by molar-refractivity contribution is 7.15. The summed E-state index contributed by atoms with van der Waals surface area (Å²) < 4.78 is 1.40. The van der Waals surface area contributed by atoms with Crippen molar-refractivity contribution < 1.29 is 0 Å². The van der Waals surface area contributed by atoms with Crippen molar-refractivity contribution in [3.63, 3.8) is 0 Å². The van der Waals surface area contributed by atoms with Gasteiger partial charge in [0.05, 0.1) is 18.4 Å². The van der Waals surface area contributed by atoms with Crippen molar-refractivity contribution in [3.05, 3.63) is 33.7 Å². The Balaban J connectivity index is 2.22. The zero-order chi connectivity index (χ0) is 13.1. The van der Waals surface area contributed by atoms with Crippen LogP contribution in [0.4, 0.5) is 10.8 Å². The molecule has 0 atom stereocenters. The van der Waals surface area contributed by atoms with Crippen LogP contribution < -0.4 is 16.2 Å². The number of nitrogens with zero attached hydrogens (tertiary/aromatic N) is 4. The summed E-state index contributed by atoms with van der Waals surface area (Å²) in [5.41, 5.74) is 6.24. The molecule has 0 bridgehead atoms. The van der Waals surface area contributed by atoms with E-state index in [0.29, 0.717) is 11.7 Å². The summed E-state index contributed by atoms with van der Waals surface area (Å²) in [4.78, 5) is 18.7. The first-order chi connectivity index (χ1) is 8.60. The molecule has 0 aromatic carbocycles. The van der Waals surface area contributed by atoms with Crippen molar-refractivity contribution in [1.82, 2.24) is 14.8 Å². The number of hydrogen-bond donors (Lipinski definition) is 1. The second-order valence-corrected chi connectivity index (χ2v) is 5.04. The van der Waals surface area contributed by atoms with Crippen LogP contribution in [0.5, 0.6) is 0 Å². The zero-order valence-electron chi connectivity index (χ0n) is 10.3. The maximum atomic E-state index is 11.9. The number of nitrogen functional groups attached to an aromatic ring is 1. The van der Waals surface area contributed by atoms with Gasteiger partial charge in [0.25, 0.3) is 5.56 Å². The van der Waals surface area contributed by atoms with E-state index in [4.69, 9.17) is 5.73 Å². The van der Waals surface area contributed by atoms with Gasteiger partial charge < -0.3 is 10.6 Å². The lowest BCUT2D eigenvalue weighted by Crippen LogP contribution is -2.25. The topological polar surface area (TPSA) is 77.0 Å². The van der Waals surface area contributed by atoms with Crippen molar-refractivity contribution in [2.24, 2.45) is 0 Å². The molecule has 6 nitrogen and oxygen atoms in total. The number of anilines is 2. The van der Waals surface area contributed by atoms with Crippen molar-refractivity contribution in [2.45, 2.75) is 13.5 Å². The number of aromatic nitrogens is 3. The predicted molar refractivity (Wildman–Crippen MR) is 73.1 cm³/mol. The van der Waals surface area contributed by atoms with Crippen LogP contribution in [-0.2, 0) is 6.54 Å². The lowest BCUT2D eigenvalue weighted by Gasteiger charge is -2.16. The van der Waals surface area contributed by atoms with Crippen LogP contribution in [0.25, 0.3) is 0 Å². The Hall–Kier alpha value is -1.89. The Kier molecular flexibility index (Phi) is 3.61. The minimum absolute atomic E-state index is 0.125. The molecular weight excluding hydrogens is 250 g/mol. The normalized spacial score (nSPS) is 10.6. The van der Waals surface area contributed by atoms with Gasteiger partial charge in [-0.2, -0.15) is 5.10 Å². The average molecular weight is 265 g/mol. The van der Waals surface area contributed by atoms with E-state index in [0.717, 1.165) is 17.1 Å². The van der Waals surface area contributed by atoms with E-state index in [-0.39, 0.29) is 5.56 Å². The van der Waals surface area contributed by atoms with Crippen molar-refractivity contribution in [1.29, 1.82) is 0 Å². The lowest BCUT2D eigenvalue weighted by atomic mass is 10.4. The summed E-state index contributed by atoms with van der Waals surface area (Å²) in [6, 6.07) is 1.58. The Morgan fingerprint density at radius 1 is 1.50 bits per heavy atom. The Labute approximate surface area is 109 Å². The summed E-state index contributed by atoms with van der Waals surface area (Å²) in [5, 5.41) is 4.65. The van der Waals surface area contributed by atoms with Crippen LogP contribution >= 0.6 is 11.3 Å². The second-order valence-electron chi connectivity index (χ2n) is 3.89. The van der Waals surface area contributed by atoms with E-state index in [1.807, 2.05) is 18.9 Å². The Morgan fingerprint density at radius 3 is 2.83 bits per heavy atom. The first-order valence-electron chi connectivity index (χ1n) is 5.58. The van der Waals surface area contributed by atoms with Gasteiger partial charge in [-0.3, -0.25) is 4.79 Å². The molecule has 0 saturated heterocycles. The van der Waals surface area contributed by atoms with E-state index < -0.39 is 0 Å². The van der Waals surface area contributed by atoms with Crippen LogP contribution in [0.1, 0.15) is 11.8 Å². The van der Waals surface area contributed by atoms with Crippen molar-refractivity contribution in [2.75, 3.05) is 24.2 Å². The first-order valence-corrected chi connectivity index (χ1v) is 6.40. The monoisotopic (exact) mass is 265 g/mol. The molecule has 2 aromatic heterocycles. The fourth-order valence-corrected chi connectivity index (χ4v) is 2.14. The van der Waals surface area contributed by atoms with Crippen LogP contribution in [0.3, 0.4) is 0 Å². The summed E-state index contributed by atoms with van der Waals surface area (Å²) in [6.07, 6.45) is 3.36. The summed E-state index contributed by atoms with van der Waals surface area (Å²) in [6.45, 7) is 3.26. The summed E-state index contributed by atoms with van der Waals surface area (Å²) in [5.74, 6) is 0. The zero-order valence-corrected chi connectivity index (χ0v) is 11.1. The molecule has 0 spiro atoms. The maximum Gasteiger partial charge on any atom is 0.269 e. The molecule has 18 heavy (non-hydrogen) atoms. The van der Waals surface area contributed by atoms with E-state index >= 15 is 0 Å². The van der Waals surface area contributed by atoms with Crippen LogP contribution in [0.2, 0.25) is 0 Å². The standard InChI is InChI=1S/C11H15N5OS/c1-3-15(2)8-4-10(17)16(14-5-8)7-9-6-13-11(12)18-9/h4-6H,3,7H2,1-2H3,(H2,12,13). The third-order valence-electron chi connectivity index (χ3n) is 2.65. The third kappa shape index (κ3) is 2.67. The van der Waals surface area contributed by atoms with Gasteiger partial charge in [-0.1, -0.05) is 0 Å². The minimum Gasteiger partial charge on any atom is -0.375 e. The molecule has 2 N–H and O–H groups in total. The third-order valence-corrected chi connectivity index (χ3v) is 3.46. The highest BCUT2D eigenvalue weighted by Crippen LogP contribution is 2.15. The second kappa shape index (κ2) is 5.18. The van der Waals surface area contributed by atoms with Gasteiger partial charge in [0.2, 0.25) is 0 Å². The molecule has 0 amide bonds. The first kappa shape index (κ1) is 12.6. The Morgan fingerprint density at radius 2 is 2.28 bits per heavy atom. The lowest BCUT2D eigenvalue weighted by molar-refractivity contribution is 0.643. The van der Waals surface area contributed by atoms with E-state index in [9.17, 15) is 4.79 Å². The van der Waals surface area contributed by atoms with E-state index in [2.05, 4.69) is 10.1 Å². The molecule has 0 radical (unpaired) electrons. The van der Waals surface area contributed by atoms with E-state index in [1.165, 1.54) is 16.0 Å². The van der Waals surface area contributed by atoms with Gasteiger partial charge in [0, 0.05) is 30.7 Å². The largest absolute Gasteiger partial charge is 0.375 e. The molecule has 0 fully saturated rings. The SMILES string of the molecule is CCN(C)c1cnn(Cc2cnc(N)s2)c(=O)c1. The predicted octanol–water partition coefficient (Wildman–Crippen LogP) is 0.786. The van der Waals surface area contributed by atoms with Crippen LogP contribution in [0.15, 0.2) is 23.3 Å². The van der Waals surface area contributed by atoms with Crippen molar-refractivity contribution >= 4 is 22.2 Å². The molecule has 2 rings (SSSR count). The molecule has 0 aliphatic rings. The summed E-state index contributed by atoms with van der Waals surface area (Å²) >= 11 is 1.36. The van der Waals surface area contributed by atoms with E-state index in [1.54, 1.807) is 18.5 Å². The molecule has 0 saturated carbocycles. The molecule has 0 unspecified atom stereocenters. The molecule has 2 aromatic rings. The highest BCUT2D eigenvalue weighted by Gasteiger charge is 2.05. The maximum absolute atomic E-state index is 11.9. The molecule has 7 heteroatoms. The van der Waals surface area contributed by atoms with Gasteiger partial charge in [-0.15, -0.1) is 11.3 Å². The molecular formula is C11H15N5OS. The number of hydrogen-bond acceptors (Lipinski definition) is 6. The molecule has 0 aliphatic heterocycles. The van der Waals surface area contributed by atoms with Gasteiger partial charge in [0.15, 0.2) is 5.13 Å². The van der Waals surface area contributed by atoms with Gasteiger partial charge in [-0.05, 0) is 6.92 Å². The van der Waals surface area contributed by atoms with Crippen molar-refractivity contribution in [3.8, 4) is 0 Å². The van der Waals surface area contributed by atoms with Crippen LogP contribution in [0, 0.1) is 0 Å². The minimum atomic E-state index is -0.125. The number of thiazole rings is 1. The number of nitrogens with two attached hydrogens (primary N) is 1. The van der Waals surface area contributed by atoms with Crippen LogP contribution in [-0.4, -0.2) is 28.4 Å². The van der Waals surface area contributed by atoms with Gasteiger partial charge >= 0.3 is 0 Å². The molecule has 0 aliphatic carbocycles. The van der Waals surface area contributed by atoms with Gasteiger partial charge in [-0.25, -0.2) is 9.67 Å². The molecule has 2 heterocycles.